The molecule has 0 bridgehead atoms. The molecule has 3 heterocycles. The van der Waals surface area contributed by atoms with Crippen LogP contribution in [0.15, 0.2) is 150 Å². The lowest BCUT2D eigenvalue weighted by atomic mass is 9.97. The average molecular weight is 609 g/mol. The lowest BCUT2D eigenvalue weighted by Crippen LogP contribution is -1.82. The summed E-state index contributed by atoms with van der Waals surface area (Å²) < 4.78 is 11.4. The molecule has 3 aromatic heterocycles. The van der Waals surface area contributed by atoms with Crippen molar-refractivity contribution < 1.29 is 4.42 Å². The maximum atomic E-state index is 6.06. The SMILES string of the molecule is c1cc(-c2ccc3c(c2)sc2cc(-c4ccc5c(c4)sc4ccccc45)ccc23)cc(-c2ccc3oc4ccccc4c3c2)c1. The maximum Gasteiger partial charge on any atom is 0.135 e. The van der Waals surface area contributed by atoms with E-state index in [4.69, 9.17) is 4.42 Å². The van der Waals surface area contributed by atoms with Gasteiger partial charge < -0.3 is 4.42 Å². The fraction of sp³-hybridized carbons (Fsp3) is 0. The monoisotopic (exact) mass is 608 g/mol. The highest BCUT2D eigenvalue weighted by Gasteiger charge is 2.12. The summed E-state index contributed by atoms with van der Waals surface area (Å²) in [5, 5.41) is 7.64. The van der Waals surface area contributed by atoms with Gasteiger partial charge in [0.25, 0.3) is 0 Å². The van der Waals surface area contributed by atoms with Crippen molar-refractivity contribution in [1.82, 2.24) is 0 Å². The summed E-state index contributed by atoms with van der Waals surface area (Å²) in [7, 11) is 0. The van der Waals surface area contributed by atoms with Gasteiger partial charge in [0.05, 0.1) is 0 Å². The highest BCUT2D eigenvalue weighted by molar-refractivity contribution is 7.26. The zero-order valence-corrected chi connectivity index (χ0v) is 25.7. The maximum absolute atomic E-state index is 6.06. The van der Waals surface area contributed by atoms with Crippen LogP contribution in [0.4, 0.5) is 0 Å². The van der Waals surface area contributed by atoms with Crippen LogP contribution < -0.4 is 0 Å². The molecule has 10 rings (SSSR count). The van der Waals surface area contributed by atoms with Gasteiger partial charge in [0.15, 0.2) is 0 Å². The van der Waals surface area contributed by atoms with Crippen LogP contribution in [-0.4, -0.2) is 0 Å². The van der Waals surface area contributed by atoms with E-state index in [0.29, 0.717) is 0 Å². The number of thiophene rings is 2. The molecule has 1 nitrogen and oxygen atoms in total. The van der Waals surface area contributed by atoms with Crippen LogP contribution in [0, 0.1) is 0 Å². The molecule has 7 aromatic carbocycles. The van der Waals surface area contributed by atoms with Gasteiger partial charge in [0.2, 0.25) is 0 Å². The Morgan fingerprint density at radius 1 is 0.289 bits per heavy atom. The van der Waals surface area contributed by atoms with Crippen molar-refractivity contribution in [1.29, 1.82) is 0 Å². The van der Waals surface area contributed by atoms with Crippen LogP contribution in [0.25, 0.3) is 95.7 Å². The van der Waals surface area contributed by atoms with Crippen molar-refractivity contribution in [2.45, 2.75) is 0 Å². The van der Waals surface area contributed by atoms with Crippen molar-refractivity contribution in [3.05, 3.63) is 146 Å². The van der Waals surface area contributed by atoms with E-state index >= 15 is 0 Å². The summed E-state index contributed by atoms with van der Waals surface area (Å²) in [5.74, 6) is 0. The van der Waals surface area contributed by atoms with Gasteiger partial charge in [-0.25, -0.2) is 0 Å². The van der Waals surface area contributed by atoms with Gasteiger partial charge in [-0.2, -0.15) is 0 Å². The zero-order chi connectivity index (χ0) is 29.5. The molecular weight excluding hydrogens is 585 g/mol. The Labute approximate surface area is 267 Å². The number of rotatable bonds is 3. The fourth-order valence-electron chi connectivity index (χ4n) is 6.83. The van der Waals surface area contributed by atoms with Gasteiger partial charge in [-0.05, 0) is 81.9 Å². The van der Waals surface area contributed by atoms with Crippen LogP contribution in [0.3, 0.4) is 0 Å². The van der Waals surface area contributed by atoms with Crippen LogP contribution in [-0.2, 0) is 0 Å². The summed E-state index contributed by atoms with van der Waals surface area (Å²) in [4.78, 5) is 0. The molecule has 0 aliphatic heterocycles. The van der Waals surface area contributed by atoms with E-state index in [1.165, 1.54) is 73.7 Å². The predicted octanol–water partition coefficient (Wildman–Crippen LogP) is 13.3. The number of fused-ring (bicyclic) bond motifs is 9. The largest absolute Gasteiger partial charge is 0.456 e. The van der Waals surface area contributed by atoms with Gasteiger partial charge in [0, 0.05) is 51.1 Å². The van der Waals surface area contributed by atoms with E-state index in [-0.39, 0.29) is 0 Å². The van der Waals surface area contributed by atoms with Crippen molar-refractivity contribution in [3.8, 4) is 33.4 Å². The Balaban J connectivity index is 1.02. The first-order valence-corrected chi connectivity index (χ1v) is 16.8. The zero-order valence-electron chi connectivity index (χ0n) is 24.1. The highest BCUT2D eigenvalue weighted by atomic mass is 32.1. The normalized spacial score (nSPS) is 12.0. The number of para-hydroxylation sites is 1. The minimum Gasteiger partial charge on any atom is -0.456 e. The third-order valence-corrected chi connectivity index (χ3v) is 11.3. The Kier molecular flexibility index (Phi) is 5.39. The molecule has 0 aliphatic rings. The van der Waals surface area contributed by atoms with E-state index in [1.54, 1.807) is 0 Å². The van der Waals surface area contributed by atoms with Gasteiger partial charge >= 0.3 is 0 Å². The second kappa shape index (κ2) is 9.64. The second-order valence-electron chi connectivity index (χ2n) is 11.7. The molecule has 0 saturated heterocycles. The van der Waals surface area contributed by atoms with E-state index in [0.717, 1.165) is 21.9 Å². The quantitative estimate of drug-likeness (QED) is 0.194. The topological polar surface area (TPSA) is 13.1 Å². The molecule has 0 radical (unpaired) electrons. The smallest absolute Gasteiger partial charge is 0.135 e. The Morgan fingerprint density at radius 2 is 0.756 bits per heavy atom. The molecule has 0 saturated carbocycles. The summed E-state index contributed by atoms with van der Waals surface area (Å²) in [6.45, 7) is 0. The molecule has 10 aromatic rings. The minimum absolute atomic E-state index is 0.926. The van der Waals surface area contributed by atoms with Gasteiger partial charge in [-0.15, -0.1) is 22.7 Å². The van der Waals surface area contributed by atoms with Crippen LogP contribution in [0.5, 0.6) is 0 Å². The summed E-state index contributed by atoms with van der Waals surface area (Å²) in [6, 6.07) is 53.1. The molecule has 0 amide bonds. The molecule has 3 heteroatoms. The van der Waals surface area contributed by atoms with Crippen LogP contribution >= 0.6 is 22.7 Å². The van der Waals surface area contributed by atoms with Crippen molar-refractivity contribution in [2.75, 3.05) is 0 Å². The third-order valence-electron chi connectivity index (χ3n) is 9.09. The Hall–Kier alpha value is -5.22. The average Bonchev–Trinajstić information content (AvgIpc) is 3.78. The number of furan rings is 1. The predicted molar refractivity (Wildman–Crippen MR) is 196 cm³/mol. The molecular formula is C42H24OS2. The Bertz CT molecular complexity index is 2770. The Morgan fingerprint density at radius 3 is 1.42 bits per heavy atom. The van der Waals surface area contributed by atoms with E-state index < -0.39 is 0 Å². The summed E-state index contributed by atoms with van der Waals surface area (Å²) in [5.41, 5.74) is 9.25. The molecule has 0 unspecified atom stereocenters. The number of hydrogen-bond acceptors (Lipinski definition) is 3. The molecule has 0 spiro atoms. The molecule has 45 heavy (non-hydrogen) atoms. The van der Waals surface area contributed by atoms with E-state index in [1.807, 2.05) is 34.8 Å². The van der Waals surface area contributed by atoms with Crippen molar-refractivity contribution >= 4 is 85.0 Å². The summed E-state index contributed by atoms with van der Waals surface area (Å²) in [6.07, 6.45) is 0. The van der Waals surface area contributed by atoms with Crippen molar-refractivity contribution in [2.24, 2.45) is 0 Å². The second-order valence-corrected chi connectivity index (χ2v) is 13.9. The molecule has 0 fully saturated rings. The first kappa shape index (κ1) is 25.1. The fourth-order valence-corrected chi connectivity index (χ4v) is 9.16. The molecule has 0 aliphatic carbocycles. The van der Waals surface area contributed by atoms with Gasteiger partial charge in [-0.1, -0.05) is 97.1 Å². The van der Waals surface area contributed by atoms with Gasteiger partial charge in [-0.3, -0.25) is 0 Å². The first-order valence-electron chi connectivity index (χ1n) is 15.2. The highest BCUT2D eigenvalue weighted by Crippen LogP contribution is 2.41. The van der Waals surface area contributed by atoms with Gasteiger partial charge in [0.1, 0.15) is 11.2 Å². The van der Waals surface area contributed by atoms with Crippen LogP contribution in [0.1, 0.15) is 0 Å². The standard InChI is InChI=1S/C42H24OS2/c1-3-10-37-31(8-1)36-21-27(15-19-38(36)43-37)25-6-5-7-26(20-25)28-12-17-34-35-18-14-30(24-42(35)45-41(34)22-28)29-13-16-33-32-9-2-4-11-39(32)44-40(33)23-29/h1-24H. The third kappa shape index (κ3) is 3.98. The molecule has 210 valence electrons. The number of benzene rings is 7. The van der Waals surface area contributed by atoms with Crippen molar-refractivity contribution in [3.63, 3.8) is 0 Å². The lowest BCUT2D eigenvalue weighted by Gasteiger charge is -2.07. The molecule has 0 atom stereocenters. The minimum atomic E-state index is 0.926. The lowest BCUT2D eigenvalue weighted by molar-refractivity contribution is 0.669. The van der Waals surface area contributed by atoms with E-state index in [9.17, 15) is 0 Å². The molecule has 0 N–H and O–H groups in total. The van der Waals surface area contributed by atoms with Crippen LogP contribution in [0.2, 0.25) is 0 Å². The number of hydrogen-bond donors (Lipinski definition) is 0. The first-order chi connectivity index (χ1) is 22.2. The van der Waals surface area contributed by atoms with E-state index in [2.05, 4.69) is 133 Å². The summed E-state index contributed by atoms with van der Waals surface area (Å²) >= 11 is 3.76.